The first kappa shape index (κ1) is 14.1. The number of nitrogens with one attached hydrogen (secondary N) is 1. The van der Waals surface area contributed by atoms with Crippen LogP contribution in [0.25, 0.3) is 0 Å². The molecule has 1 atom stereocenters. The molecule has 1 aromatic heterocycles. The Balaban J connectivity index is 1.69. The number of carbonyl (C=O) groups is 1. The number of amides is 1. The normalized spacial score (nSPS) is 20.4. The highest BCUT2D eigenvalue weighted by Crippen LogP contribution is 2.20. The van der Waals surface area contributed by atoms with Gasteiger partial charge in [-0.25, -0.2) is 0 Å². The molecule has 0 unspecified atom stereocenters. The largest absolute Gasteiger partial charge is 0.468 e. The van der Waals surface area contributed by atoms with Crippen molar-refractivity contribution in [2.75, 3.05) is 26.2 Å². The molecule has 2 N–H and O–H groups in total. The van der Waals surface area contributed by atoms with Gasteiger partial charge in [0.1, 0.15) is 12.4 Å². The Labute approximate surface area is 113 Å². The van der Waals surface area contributed by atoms with Crippen molar-refractivity contribution < 1.29 is 14.3 Å². The van der Waals surface area contributed by atoms with Crippen LogP contribution in [0.4, 0.5) is 0 Å². The SMILES string of the molecule is O=C(CO)NCC[C@@H]1CCCN(Cc2ccco2)C1. The molecule has 1 aliphatic heterocycles. The molecule has 106 valence electrons. The van der Waals surface area contributed by atoms with Crippen LogP contribution in [0, 0.1) is 5.92 Å². The summed E-state index contributed by atoms with van der Waals surface area (Å²) in [5.74, 6) is 1.33. The maximum Gasteiger partial charge on any atom is 0.245 e. The molecule has 2 heterocycles. The molecule has 2 rings (SSSR count). The second-order valence-corrected chi connectivity index (χ2v) is 5.12. The minimum atomic E-state index is -0.421. The van der Waals surface area contributed by atoms with Gasteiger partial charge in [-0.2, -0.15) is 0 Å². The second kappa shape index (κ2) is 7.31. The third kappa shape index (κ3) is 4.69. The Morgan fingerprint density at radius 1 is 1.58 bits per heavy atom. The highest BCUT2D eigenvalue weighted by atomic mass is 16.3. The molecule has 1 aliphatic rings. The number of hydrogen-bond donors (Lipinski definition) is 2. The number of hydrogen-bond acceptors (Lipinski definition) is 4. The van der Waals surface area contributed by atoms with Crippen molar-refractivity contribution in [3.8, 4) is 0 Å². The van der Waals surface area contributed by atoms with E-state index in [0.717, 1.165) is 31.8 Å². The summed E-state index contributed by atoms with van der Waals surface area (Å²) in [6, 6.07) is 3.92. The first-order valence-electron chi connectivity index (χ1n) is 6.90. The predicted molar refractivity (Wildman–Crippen MR) is 71.4 cm³/mol. The minimum absolute atomic E-state index is 0.289. The highest BCUT2D eigenvalue weighted by Gasteiger charge is 2.20. The first-order valence-corrected chi connectivity index (χ1v) is 6.90. The van der Waals surface area contributed by atoms with Crippen LogP contribution in [0.3, 0.4) is 0 Å². The van der Waals surface area contributed by atoms with E-state index in [1.165, 1.54) is 12.8 Å². The molecule has 5 nitrogen and oxygen atoms in total. The summed E-state index contributed by atoms with van der Waals surface area (Å²) >= 11 is 0. The molecule has 19 heavy (non-hydrogen) atoms. The summed E-state index contributed by atoms with van der Waals surface area (Å²) < 4.78 is 5.37. The maximum absolute atomic E-state index is 10.9. The molecule has 0 radical (unpaired) electrons. The molecule has 1 fully saturated rings. The summed E-state index contributed by atoms with van der Waals surface area (Å²) in [5.41, 5.74) is 0. The zero-order valence-electron chi connectivity index (χ0n) is 11.2. The lowest BCUT2D eigenvalue weighted by Gasteiger charge is -2.32. The summed E-state index contributed by atoms with van der Waals surface area (Å²) in [6.07, 6.45) is 5.09. The fourth-order valence-electron chi connectivity index (χ4n) is 2.63. The molecular formula is C14H22N2O3. The smallest absolute Gasteiger partial charge is 0.245 e. The van der Waals surface area contributed by atoms with Crippen molar-refractivity contribution in [1.82, 2.24) is 10.2 Å². The number of nitrogens with zero attached hydrogens (tertiary/aromatic N) is 1. The van der Waals surface area contributed by atoms with Crippen molar-refractivity contribution in [3.05, 3.63) is 24.2 Å². The van der Waals surface area contributed by atoms with Gasteiger partial charge >= 0.3 is 0 Å². The lowest BCUT2D eigenvalue weighted by Crippen LogP contribution is -2.37. The Bertz CT molecular complexity index is 378. The van der Waals surface area contributed by atoms with E-state index in [1.54, 1.807) is 6.26 Å². The summed E-state index contributed by atoms with van der Waals surface area (Å²) in [5, 5.41) is 11.3. The molecule has 0 spiro atoms. The van der Waals surface area contributed by atoms with Crippen molar-refractivity contribution in [3.63, 3.8) is 0 Å². The molecule has 1 amide bonds. The third-order valence-electron chi connectivity index (χ3n) is 3.58. The summed E-state index contributed by atoms with van der Waals surface area (Å²) in [6.45, 7) is 3.26. The van der Waals surface area contributed by atoms with Crippen LogP contribution in [0.1, 0.15) is 25.0 Å². The van der Waals surface area contributed by atoms with Crippen LogP contribution in [-0.2, 0) is 11.3 Å². The Hall–Kier alpha value is -1.33. The minimum Gasteiger partial charge on any atom is -0.468 e. The van der Waals surface area contributed by atoms with Gasteiger partial charge < -0.3 is 14.8 Å². The predicted octanol–water partition coefficient (Wildman–Crippen LogP) is 0.990. The zero-order chi connectivity index (χ0) is 13.5. The Kier molecular flexibility index (Phi) is 5.42. The Morgan fingerprint density at radius 2 is 2.47 bits per heavy atom. The van der Waals surface area contributed by atoms with Crippen LogP contribution >= 0.6 is 0 Å². The van der Waals surface area contributed by atoms with E-state index < -0.39 is 6.61 Å². The molecule has 0 aromatic carbocycles. The van der Waals surface area contributed by atoms with Gasteiger partial charge in [-0.05, 0) is 43.9 Å². The van der Waals surface area contributed by atoms with Crippen LogP contribution in [0.2, 0.25) is 0 Å². The van der Waals surface area contributed by atoms with Crippen LogP contribution in [-0.4, -0.2) is 42.2 Å². The standard InChI is InChI=1S/C14H22N2O3/c17-11-14(18)15-6-5-12-3-1-7-16(9-12)10-13-4-2-8-19-13/h2,4,8,12,17H,1,3,5-7,9-11H2,(H,15,18)/t12-/m0/s1. The van der Waals surface area contributed by atoms with Crippen molar-refractivity contribution in [2.45, 2.75) is 25.8 Å². The van der Waals surface area contributed by atoms with E-state index >= 15 is 0 Å². The summed E-state index contributed by atoms with van der Waals surface area (Å²) in [7, 11) is 0. The second-order valence-electron chi connectivity index (χ2n) is 5.12. The Morgan fingerprint density at radius 3 is 3.21 bits per heavy atom. The first-order chi connectivity index (χ1) is 9.28. The monoisotopic (exact) mass is 266 g/mol. The van der Waals surface area contributed by atoms with Gasteiger partial charge in [0.2, 0.25) is 5.91 Å². The van der Waals surface area contributed by atoms with Gasteiger partial charge in [-0.15, -0.1) is 0 Å². The fraction of sp³-hybridized carbons (Fsp3) is 0.643. The van der Waals surface area contributed by atoms with Crippen molar-refractivity contribution in [1.29, 1.82) is 0 Å². The van der Waals surface area contributed by atoms with E-state index in [1.807, 2.05) is 12.1 Å². The molecular weight excluding hydrogens is 244 g/mol. The highest BCUT2D eigenvalue weighted by molar-refractivity contribution is 5.76. The van der Waals surface area contributed by atoms with Crippen LogP contribution < -0.4 is 5.32 Å². The molecule has 0 bridgehead atoms. The number of likely N-dealkylation sites (tertiary alicyclic amines) is 1. The number of rotatable bonds is 6. The van der Waals surface area contributed by atoms with Crippen molar-refractivity contribution in [2.24, 2.45) is 5.92 Å². The van der Waals surface area contributed by atoms with E-state index in [9.17, 15) is 4.79 Å². The topological polar surface area (TPSA) is 65.7 Å². The lowest BCUT2D eigenvalue weighted by atomic mass is 9.94. The fourth-order valence-corrected chi connectivity index (χ4v) is 2.63. The van der Waals surface area contributed by atoms with Gasteiger partial charge in [-0.3, -0.25) is 9.69 Å². The third-order valence-corrected chi connectivity index (χ3v) is 3.58. The average molecular weight is 266 g/mol. The average Bonchev–Trinajstić information content (AvgIpc) is 2.92. The molecule has 5 heteroatoms. The molecule has 1 aromatic rings. The molecule has 0 saturated carbocycles. The number of aliphatic hydroxyl groups is 1. The molecule has 0 aliphatic carbocycles. The van der Waals surface area contributed by atoms with Gasteiger partial charge in [0.05, 0.1) is 12.8 Å². The maximum atomic E-state index is 10.9. The van der Waals surface area contributed by atoms with Gasteiger partial charge in [-0.1, -0.05) is 0 Å². The van der Waals surface area contributed by atoms with Gasteiger partial charge in [0.25, 0.3) is 0 Å². The number of furan rings is 1. The van der Waals surface area contributed by atoms with Crippen LogP contribution in [0.15, 0.2) is 22.8 Å². The number of carbonyl (C=O) groups excluding carboxylic acids is 1. The van der Waals surface area contributed by atoms with Gasteiger partial charge in [0, 0.05) is 13.1 Å². The number of piperidine rings is 1. The quantitative estimate of drug-likeness (QED) is 0.806. The van der Waals surface area contributed by atoms with E-state index in [2.05, 4.69) is 10.2 Å². The number of aliphatic hydroxyl groups excluding tert-OH is 1. The zero-order valence-corrected chi connectivity index (χ0v) is 11.2. The summed E-state index contributed by atoms with van der Waals surface area (Å²) in [4.78, 5) is 13.3. The van der Waals surface area contributed by atoms with E-state index in [-0.39, 0.29) is 5.91 Å². The van der Waals surface area contributed by atoms with E-state index in [4.69, 9.17) is 9.52 Å². The molecule has 1 saturated heterocycles. The van der Waals surface area contributed by atoms with Gasteiger partial charge in [0.15, 0.2) is 0 Å². The lowest BCUT2D eigenvalue weighted by molar-refractivity contribution is -0.123. The van der Waals surface area contributed by atoms with Crippen molar-refractivity contribution >= 4 is 5.91 Å². The van der Waals surface area contributed by atoms with Crippen LogP contribution in [0.5, 0.6) is 0 Å². The van der Waals surface area contributed by atoms with E-state index in [0.29, 0.717) is 12.5 Å².